The number of nitrogens with one attached hydrogen (secondary N) is 1. The average molecular weight is 635 g/mol. The Morgan fingerprint density at radius 3 is 2.14 bits per heavy atom. The van der Waals surface area contributed by atoms with E-state index in [4.69, 9.17) is 27.9 Å². The third-order valence-electron chi connectivity index (χ3n) is 6.99. The zero-order valence-electron chi connectivity index (χ0n) is 24.4. The number of ether oxygens (including phenoxy) is 1. The van der Waals surface area contributed by atoms with Crippen LogP contribution in [0.3, 0.4) is 0 Å². The number of benzene rings is 3. The van der Waals surface area contributed by atoms with Gasteiger partial charge in [-0.05, 0) is 80.8 Å². The van der Waals surface area contributed by atoms with Crippen molar-refractivity contribution in [2.45, 2.75) is 64.1 Å². The molecule has 0 spiro atoms. The average Bonchev–Trinajstić information content (AvgIpc) is 2.97. The maximum atomic E-state index is 14.2. The molecule has 0 aromatic heterocycles. The molecular weight excluding hydrogens is 597 g/mol. The summed E-state index contributed by atoms with van der Waals surface area (Å²) in [6.45, 7) is 6.95. The highest BCUT2D eigenvalue weighted by atomic mass is 35.5. The van der Waals surface area contributed by atoms with Crippen LogP contribution in [0, 0.1) is 6.92 Å². The Bertz CT molecular complexity index is 1480. The molecule has 2 amide bonds. The zero-order chi connectivity index (χ0) is 31.0. The predicted octanol–water partition coefficient (Wildman–Crippen LogP) is 6.23. The van der Waals surface area contributed by atoms with Crippen LogP contribution in [-0.2, 0) is 26.2 Å². The van der Waals surface area contributed by atoms with Gasteiger partial charge in [-0.25, -0.2) is 8.42 Å². The van der Waals surface area contributed by atoms with Crippen molar-refractivity contribution in [3.05, 3.63) is 87.9 Å². The van der Waals surface area contributed by atoms with E-state index >= 15 is 0 Å². The SMILES string of the molecule is CCC(C)NC(=O)C(CC)N(Cc1ccc(Cl)cc1Cl)C(=O)CN(c1ccc(C)cc1)S(=O)(=O)c1ccc(OC)cc1. The lowest BCUT2D eigenvalue weighted by Gasteiger charge is -2.34. The molecule has 0 fully saturated rings. The predicted molar refractivity (Wildman–Crippen MR) is 168 cm³/mol. The number of carbonyl (C=O) groups is 2. The molecule has 0 aliphatic heterocycles. The second kappa shape index (κ2) is 14.8. The summed E-state index contributed by atoms with van der Waals surface area (Å²) in [5, 5.41) is 3.72. The van der Waals surface area contributed by atoms with E-state index in [-0.39, 0.29) is 23.4 Å². The van der Waals surface area contributed by atoms with E-state index in [1.165, 1.54) is 24.1 Å². The lowest BCUT2D eigenvalue weighted by Crippen LogP contribution is -2.53. The molecule has 42 heavy (non-hydrogen) atoms. The number of aryl methyl sites for hydroxylation is 1. The van der Waals surface area contributed by atoms with Gasteiger partial charge in [-0.1, -0.05) is 60.8 Å². The van der Waals surface area contributed by atoms with Crippen molar-refractivity contribution < 1.29 is 22.7 Å². The van der Waals surface area contributed by atoms with Gasteiger partial charge in [0.05, 0.1) is 17.7 Å². The largest absolute Gasteiger partial charge is 0.497 e. The number of hydrogen-bond acceptors (Lipinski definition) is 5. The molecule has 11 heteroatoms. The van der Waals surface area contributed by atoms with E-state index in [9.17, 15) is 18.0 Å². The quantitative estimate of drug-likeness (QED) is 0.241. The molecule has 0 saturated heterocycles. The number of sulfonamides is 1. The molecular formula is C31H37Cl2N3O5S. The van der Waals surface area contributed by atoms with Gasteiger partial charge in [0, 0.05) is 22.6 Å². The van der Waals surface area contributed by atoms with E-state index in [1.54, 1.807) is 61.5 Å². The fraction of sp³-hybridized carbons (Fsp3) is 0.355. The van der Waals surface area contributed by atoms with Crippen LogP contribution in [0.4, 0.5) is 5.69 Å². The molecule has 0 aliphatic carbocycles. The number of halogens is 2. The highest BCUT2D eigenvalue weighted by Crippen LogP contribution is 2.28. The second-order valence-electron chi connectivity index (χ2n) is 10.0. The summed E-state index contributed by atoms with van der Waals surface area (Å²) >= 11 is 12.6. The first kappa shape index (κ1) is 33.2. The van der Waals surface area contributed by atoms with Crippen molar-refractivity contribution in [2.75, 3.05) is 18.0 Å². The fourth-order valence-electron chi connectivity index (χ4n) is 4.31. The lowest BCUT2D eigenvalue weighted by molar-refractivity contribution is -0.140. The minimum Gasteiger partial charge on any atom is -0.497 e. The number of methoxy groups -OCH3 is 1. The van der Waals surface area contributed by atoms with E-state index < -0.39 is 28.5 Å². The standard InChI is InChI=1S/C31H37Cl2N3O5S/c1-6-22(4)34-31(38)29(7-2)35(19-23-10-11-24(32)18-28(23)33)30(37)20-36(25-12-8-21(3)9-13-25)42(39,40)27-16-14-26(41-5)15-17-27/h8-18,22,29H,6-7,19-20H2,1-5H3,(H,34,38). The van der Waals surface area contributed by atoms with Gasteiger partial charge in [-0.15, -0.1) is 0 Å². The Kier molecular flexibility index (Phi) is 11.7. The van der Waals surface area contributed by atoms with E-state index in [0.29, 0.717) is 39.9 Å². The first-order valence-corrected chi connectivity index (χ1v) is 15.9. The molecule has 226 valence electrons. The molecule has 1 N–H and O–H groups in total. The molecule has 0 heterocycles. The molecule has 0 radical (unpaired) electrons. The topological polar surface area (TPSA) is 96.0 Å². The van der Waals surface area contributed by atoms with E-state index in [1.807, 2.05) is 20.8 Å². The summed E-state index contributed by atoms with van der Waals surface area (Å²) in [4.78, 5) is 28.9. The highest BCUT2D eigenvalue weighted by molar-refractivity contribution is 7.92. The van der Waals surface area contributed by atoms with Crippen LogP contribution < -0.4 is 14.4 Å². The van der Waals surface area contributed by atoms with Gasteiger partial charge >= 0.3 is 0 Å². The molecule has 0 saturated carbocycles. The first-order chi connectivity index (χ1) is 19.9. The highest BCUT2D eigenvalue weighted by Gasteiger charge is 2.34. The number of carbonyl (C=O) groups excluding carboxylic acids is 2. The van der Waals surface area contributed by atoms with Crippen LogP contribution in [-0.4, -0.2) is 50.9 Å². The Labute approximate surface area is 258 Å². The fourth-order valence-corrected chi connectivity index (χ4v) is 6.19. The van der Waals surface area contributed by atoms with Gasteiger partial charge in [0.15, 0.2) is 0 Å². The van der Waals surface area contributed by atoms with Crippen molar-refractivity contribution in [2.24, 2.45) is 0 Å². The smallest absolute Gasteiger partial charge is 0.264 e. The number of amides is 2. The van der Waals surface area contributed by atoms with Crippen LogP contribution in [0.15, 0.2) is 71.6 Å². The third kappa shape index (κ3) is 8.18. The summed E-state index contributed by atoms with van der Waals surface area (Å²) in [6.07, 6.45) is 1.01. The zero-order valence-corrected chi connectivity index (χ0v) is 26.8. The first-order valence-electron chi connectivity index (χ1n) is 13.7. The molecule has 0 bridgehead atoms. The normalized spacial score (nSPS) is 12.7. The molecule has 3 aromatic carbocycles. The van der Waals surface area contributed by atoms with Gasteiger partial charge in [0.25, 0.3) is 10.0 Å². The minimum atomic E-state index is -4.20. The van der Waals surface area contributed by atoms with Crippen LogP contribution in [0.2, 0.25) is 10.0 Å². The number of nitrogens with zero attached hydrogens (tertiary/aromatic N) is 2. The molecule has 3 rings (SSSR count). The molecule has 8 nitrogen and oxygen atoms in total. The Morgan fingerprint density at radius 2 is 1.60 bits per heavy atom. The lowest BCUT2D eigenvalue weighted by atomic mass is 10.1. The Hall–Kier alpha value is -3.27. The summed E-state index contributed by atoms with van der Waals surface area (Å²) < 4.78 is 34.2. The maximum Gasteiger partial charge on any atom is 0.264 e. The monoisotopic (exact) mass is 633 g/mol. The van der Waals surface area contributed by atoms with Crippen molar-refractivity contribution >= 4 is 50.7 Å². The summed E-state index contributed by atoms with van der Waals surface area (Å²) in [5.41, 5.74) is 1.81. The van der Waals surface area contributed by atoms with Gasteiger partial charge in [0.1, 0.15) is 18.3 Å². The third-order valence-corrected chi connectivity index (χ3v) is 9.37. The van der Waals surface area contributed by atoms with Gasteiger partial charge in [0.2, 0.25) is 11.8 Å². The van der Waals surface area contributed by atoms with Crippen molar-refractivity contribution in [3.63, 3.8) is 0 Å². The molecule has 0 aliphatic rings. The Morgan fingerprint density at radius 1 is 0.952 bits per heavy atom. The van der Waals surface area contributed by atoms with Crippen LogP contribution in [0.1, 0.15) is 44.7 Å². The second-order valence-corrected chi connectivity index (χ2v) is 12.7. The maximum absolute atomic E-state index is 14.2. The van der Waals surface area contributed by atoms with Crippen molar-refractivity contribution in [3.8, 4) is 5.75 Å². The van der Waals surface area contributed by atoms with Crippen molar-refractivity contribution in [1.29, 1.82) is 0 Å². The number of rotatable bonds is 13. The number of anilines is 1. The summed E-state index contributed by atoms with van der Waals surface area (Å²) in [6, 6.07) is 16.7. The van der Waals surface area contributed by atoms with Crippen LogP contribution >= 0.6 is 23.2 Å². The number of hydrogen-bond donors (Lipinski definition) is 1. The van der Waals surface area contributed by atoms with E-state index in [2.05, 4.69) is 5.32 Å². The van der Waals surface area contributed by atoms with Crippen LogP contribution in [0.5, 0.6) is 5.75 Å². The minimum absolute atomic E-state index is 0.00877. The van der Waals surface area contributed by atoms with Gasteiger partial charge in [-0.3, -0.25) is 13.9 Å². The Balaban J connectivity index is 2.08. The molecule has 2 unspecified atom stereocenters. The molecule has 3 aromatic rings. The molecule has 2 atom stereocenters. The van der Waals surface area contributed by atoms with Crippen molar-refractivity contribution in [1.82, 2.24) is 10.2 Å². The van der Waals surface area contributed by atoms with Gasteiger partial charge < -0.3 is 15.0 Å². The summed E-state index contributed by atoms with van der Waals surface area (Å²) in [5.74, 6) is -0.397. The van der Waals surface area contributed by atoms with Crippen LogP contribution in [0.25, 0.3) is 0 Å². The van der Waals surface area contributed by atoms with Gasteiger partial charge in [-0.2, -0.15) is 0 Å². The van der Waals surface area contributed by atoms with E-state index in [0.717, 1.165) is 9.87 Å². The summed E-state index contributed by atoms with van der Waals surface area (Å²) in [7, 11) is -2.71.